The molecule has 1 aliphatic heterocycles. The normalized spacial score (nSPS) is 19.4. The van der Waals surface area contributed by atoms with Crippen LogP contribution in [-0.2, 0) is 27.5 Å². The zero-order valence-electron chi connectivity index (χ0n) is 18.6. The van der Waals surface area contributed by atoms with Crippen molar-refractivity contribution < 1.29 is 13.2 Å². The van der Waals surface area contributed by atoms with Crippen molar-refractivity contribution in [1.29, 1.82) is 0 Å². The summed E-state index contributed by atoms with van der Waals surface area (Å²) in [5.41, 5.74) is 2.15. The molecule has 3 aromatic heterocycles. The van der Waals surface area contributed by atoms with E-state index in [1.165, 1.54) is 16.9 Å². The van der Waals surface area contributed by atoms with Crippen LogP contribution in [0.1, 0.15) is 36.6 Å². The third kappa shape index (κ3) is 4.59. The van der Waals surface area contributed by atoms with Gasteiger partial charge in [-0.25, -0.2) is 18.4 Å². The summed E-state index contributed by atoms with van der Waals surface area (Å²) in [6.07, 6.45) is 8.33. The van der Waals surface area contributed by atoms with Gasteiger partial charge in [-0.15, -0.1) is 11.3 Å². The van der Waals surface area contributed by atoms with Crippen molar-refractivity contribution in [2.75, 3.05) is 29.5 Å². The minimum atomic E-state index is -3.05. The smallest absolute Gasteiger partial charge is 0.239 e. The first-order valence-corrected chi connectivity index (χ1v) is 14.0. The van der Waals surface area contributed by atoms with Crippen LogP contribution in [0.3, 0.4) is 0 Å². The topological polar surface area (TPSA) is 105 Å². The fourth-order valence-corrected chi connectivity index (χ4v) is 7.61. The molecule has 1 amide bonds. The fraction of sp³-hybridized carbons (Fsp3) is 0.478. The lowest BCUT2D eigenvalue weighted by Gasteiger charge is -2.24. The molecule has 4 heterocycles. The predicted molar refractivity (Wildman–Crippen MR) is 130 cm³/mol. The summed E-state index contributed by atoms with van der Waals surface area (Å²) in [7, 11) is -3.05. The number of rotatable bonds is 6. The van der Waals surface area contributed by atoms with Crippen molar-refractivity contribution in [3.8, 4) is 11.4 Å². The number of sulfone groups is 1. The van der Waals surface area contributed by atoms with Crippen molar-refractivity contribution in [3.63, 3.8) is 0 Å². The molecule has 10 heteroatoms. The molecule has 0 bridgehead atoms. The van der Waals surface area contributed by atoms with E-state index in [1.54, 1.807) is 23.7 Å². The Kier molecular flexibility index (Phi) is 6.05. The lowest BCUT2D eigenvalue weighted by atomic mass is 9.97. The molecule has 33 heavy (non-hydrogen) atoms. The van der Waals surface area contributed by atoms with Gasteiger partial charge in [-0.2, -0.15) is 0 Å². The van der Waals surface area contributed by atoms with Crippen molar-refractivity contribution in [3.05, 3.63) is 35.0 Å². The summed E-state index contributed by atoms with van der Waals surface area (Å²) < 4.78 is 23.5. The fourth-order valence-electron chi connectivity index (χ4n) is 4.68. The van der Waals surface area contributed by atoms with Gasteiger partial charge in [-0.3, -0.25) is 9.78 Å². The summed E-state index contributed by atoms with van der Waals surface area (Å²) in [6.45, 7) is 2.72. The molecule has 3 aromatic rings. The van der Waals surface area contributed by atoms with Gasteiger partial charge in [-0.1, -0.05) is 0 Å². The lowest BCUT2D eigenvalue weighted by molar-refractivity contribution is -0.120. The van der Waals surface area contributed by atoms with Crippen LogP contribution >= 0.6 is 11.3 Å². The summed E-state index contributed by atoms with van der Waals surface area (Å²) in [5.74, 6) is 1.35. The molecular formula is C23H27N5O3S2. The number of fused-ring (bicyclic) bond motifs is 3. The van der Waals surface area contributed by atoms with Gasteiger partial charge < -0.3 is 10.2 Å². The Morgan fingerprint density at radius 2 is 2.12 bits per heavy atom. The number of thiophene rings is 1. The van der Waals surface area contributed by atoms with Gasteiger partial charge in [0.1, 0.15) is 10.6 Å². The highest BCUT2D eigenvalue weighted by Crippen LogP contribution is 2.40. The van der Waals surface area contributed by atoms with Crippen LogP contribution in [-0.4, -0.2) is 59.9 Å². The number of hydrogen-bond donors (Lipinski definition) is 1. The molecule has 5 rings (SSSR count). The number of hydrogen-bond acceptors (Lipinski definition) is 8. The van der Waals surface area contributed by atoms with E-state index in [9.17, 15) is 13.2 Å². The third-order valence-electron chi connectivity index (χ3n) is 6.33. The van der Waals surface area contributed by atoms with E-state index >= 15 is 0 Å². The van der Waals surface area contributed by atoms with Crippen molar-refractivity contribution in [2.45, 2.75) is 45.1 Å². The number of carbonyl (C=O) groups is 1. The summed E-state index contributed by atoms with van der Waals surface area (Å²) in [4.78, 5) is 31.2. The van der Waals surface area contributed by atoms with E-state index in [0.29, 0.717) is 18.8 Å². The van der Waals surface area contributed by atoms with Gasteiger partial charge in [0.25, 0.3) is 0 Å². The number of aromatic nitrogens is 3. The maximum atomic E-state index is 12.9. The number of likely N-dealkylation sites (N-methyl/N-ethyl adjacent to an activating group) is 1. The van der Waals surface area contributed by atoms with Crippen LogP contribution in [0.2, 0.25) is 0 Å². The molecule has 0 spiro atoms. The van der Waals surface area contributed by atoms with Gasteiger partial charge in [0.15, 0.2) is 15.7 Å². The number of pyridine rings is 1. The Labute approximate surface area is 197 Å². The maximum Gasteiger partial charge on any atom is 0.239 e. The molecule has 1 N–H and O–H groups in total. The zero-order valence-corrected chi connectivity index (χ0v) is 20.2. The number of anilines is 1. The van der Waals surface area contributed by atoms with E-state index in [-0.39, 0.29) is 30.0 Å². The summed E-state index contributed by atoms with van der Waals surface area (Å²) >= 11 is 1.73. The Morgan fingerprint density at radius 1 is 1.27 bits per heavy atom. The van der Waals surface area contributed by atoms with Crippen LogP contribution in [0.15, 0.2) is 24.5 Å². The largest absolute Gasteiger partial charge is 0.351 e. The molecule has 0 unspecified atom stereocenters. The van der Waals surface area contributed by atoms with Crippen molar-refractivity contribution in [1.82, 2.24) is 20.3 Å². The van der Waals surface area contributed by atoms with E-state index in [2.05, 4.69) is 10.3 Å². The first-order valence-electron chi connectivity index (χ1n) is 11.4. The monoisotopic (exact) mass is 485 g/mol. The van der Waals surface area contributed by atoms with Crippen LogP contribution in [0, 0.1) is 0 Å². The summed E-state index contributed by atoms with van der Waals surface area (Å²) in [5, 5.41) is 3.96. The number of amides is 1. The van der Waals surface area contributed by atoms with E-state index in [4.69, 9.17) is 9.97 Å². The quantitative estimate of drug-likeness (QED) is 0.572. The lowest BCUT2D eigenvalue weighted by Crippen LogP contribution is -2.43. The van der Waals surface area contributed by atoms with Gasteiger partial charge >= 0.3 is 0 Å². The molecule has 8 nitrogen and oxygen atoms in total. The van der Waals surface area contributed by atoms with Gasteiger partial charge in [0, 0.05) is 35.4 Å². The molecular weight excluding hydrogens is 458 g/mol. The van der Waals surface area contributed by atoms with E-state index < -0.39 is 9.84 Å². The Morgan fingerprint density at radius 3 is 2.85 bits per heavy atom. The van der Waals surface area contributed by atoms with E-state index in [1.807, 2.05) is 24.0 Å². The first-order chi connectivity index (χ1) is 15.9. The average Bonchev–Trinajstić information content (AvgIpc) is 3.36. The molecule has 0 saturated carbocycles. The molecule has 2 aliphatic rings. The predicted octanol–water partition coefficient (Wildman–Crippen LogP) is 2.76. The second-order valence-corrected chi connectivity index (χ2v) is 12.0. The number of carbonyl (C=O) groups excluding carboxylic acids is 1. The highest BCUT2D eigenvalue weighted by atomic mass is 32.2. The molecule has 0 aromatic carbocycles. The zero-order chi connectivity index (χ0) is 23.0. The first kappa shape index (κ1) is 22.2. The average molecular weight is 486 g/mol. The third-order valence-corrected chi connectivity index (χ3v) is 9.28. The highest BCUT2D eigenvalue weighted by Gasteiger charge is 2.30. The second-order valence-electron chi connectivity index (χ2n) is 8.69. The van der Waals surface area contributed by atoms with Gasteiger partial charge in [0.2, 0.25) is 5.91 Å². The molecule has 1 saturated heterocycles. The van der Waals surface area contributed by atoms with Crippen LogP contribution in [0.4, 0.5) is 5.82 Å². The standard InChI is InChI=1S/C23H27N5O3S2/c1-2-28(13-19(29)25-16-9-11-33(30,31)14-16)22-20-17-7-3-4-8-18(17)32-23(20)27-21(26-22)15-6-5-10-24-12-15/h5-6,10,12,16H,2-4,7-9,11,13-14H2,1H3,(H,25,29)/t16-/m0/s1. The molecule has 1 atom stereocenters. The Balaban J connectivity index is 1.51. The Bertz CT molecular complexity index is 1290. The van der Waals surface area contributed by atoms with Crippen molar-refractivity contribution in [2.24, 2.45) is 0 Å². The summed E-state index contributed by atoms with van der Waals surface area (Å²) in [6, 6.07) is 3.49. The minimum Gasteiger partial charge on any atom is -0.351 e. The SMILES string of the molecule is CCN(CC(=O)N[C@H]1CCS(=O)(=O)C1)c1nc(-c2cccnc2)nc2sc3c(c12)CCCC3. The van der Waals surface area contributed by atoms with Crippen LogP contribution < -0.4 is 10.2 Å². The Hall–Kier alpha value is -2.59. The van der Waals surface area contributed by atoms with Crippen LogP contribution in [0.25, 0.3) is 21.6 Å². The van der Waals surface area contributed by atoms with Gasteiger partial charge in [-0.05, 0) is 56.7 Å². The molecule has 1 aliphatic carbocycles. The molecule has 1 fully saturated rings. The van der Waals surface area contributed by atoms with E-state index in [0.717, 1.165) is 40.9 Å². The highest BCUT2D eigenvalue weighted by molar-refractivity contribution is 7.91. The maximum absolute atomic E-state index is 12.9. The number of aryl methyl sites for hydroxylation is 2. The van der Waals surface area contributed by atoms with Crippen LogP contribution in [0.5, 0.6) is 0 Å². The van der Waals surface area contributed by atoms with Crippen molar-refractivity contribution >= 4 is 43.1 Å². The number of nitrogens with zero attached hydrogens (tertiary/aromatic N) is 4. The second kappa shape index (κ2) is 8.98. The van der Waals surface area contributed by atoms with Gasteiger partial charge in [0.05, 0.1) is 23.4 Å². The minimum absolute atomic E-state index is 0.0197. The number of nitrogens with one attached hydrogen (secondary N) is 1. The molecule has 174 valence electrons. The molecule has 0 radical (unpaired) electrons.